The van der Waals surface area contributed by atoms with Crippen LogP contribution in [0.1, 0.15) is 35.5 Å². The lowest BCUT2D eigenvalue weighted by atomic mass is 9.94. The van der Waals surface area contributed by atoms with Gasteiger partial charge in [0.25, 0.3) is 5.89 Å². The Balaban J connectivity index is 1.59. The fourth-order valence-corrected chi connectivity index (χ4v) is 4.51. The molecule has 0 fully saturated rings. The molecule has 1 unspecified atom stereocenters. The predicted octanol–water partition coefficient (Wildman–Crippen LogP) is 6.56. The Bertz CT molecular complexity index is 1350. The average molecular weight is 487 g/mol. The molecular weight excluding hydrogens is 464 g/mol. The van der Waals surface area contributed by atoms with E-state index in [-0.39, 0.29) is 6.04 Å². The van der Waals surface area contributed by atoms with Gasteiger partial charge in [0.2, 0.25) is 5.82 Å². The van der Waals surface area contributed by atoms with Gasteiger partial charge in [-0.3, -0.25) is 0 Å². The van der Waals surface area contributed by atoms with Crippen molar-refractivity contribution in [3.8, 4) is 11.4 Å². The third-order valence-electron chi connectivity index (χ3n) is 5.95. The zero-order valence-electron chi connectivity index (χ0n) is 18.8. The Hall–Kier alpha value is -3.48. The summed E-state index contributed by atoms with van der Waals surface area (Å²) in [6, 6.07) is 25.8. The molecule has 1 aliphatic rings. The highest BCUT2D eigenvalue weighted by atomic mass is 35.5. The molecule has 0 saturated heterocycles. The Morgan fingerprint density at radius 1 is 0.971 bits per heavy atom. The maximum absolute atomic E-state index is 6.08. The minimum absolute atomic E-state index is 0.210. The molecule has 3 aromatic carbocycles. The van der Waals surface area contributed by atoms with Crippen molar-refractivity contribution >= 4 is 34.5 Å². The van der Waals surface area contributed by atoms with Gasteiger partial charge >= 0.3 is 0 Å². The molecule has 0 spiro atoms. The van der Waals surface area contributed by atoms with Crippen LogP contribution in [-0.4, -0.2) is 20.2 Å². The molecular formula is C27H23ClN4OS. The number of aromatic nitrogens is 2. The number of halogens is 1. The first-order chi connectivity index (χ1) is 16.5. The summed E-state index contributed by atoms with van der Waals surface area (Å²) in [5.74, 6) is 1.02. The third kappa shape index (κ3) is 4.47. The van der Waals surface area contributed by atoms with E-state index in [1.165, 1.54) is 5.56 Å². The van der Waals surface area contributed by atoms with Crippen molar-refractivity contribution in [2.75, 3.05) is 0 Å². The zero-order valence-corrected chi connectivity index (χ0v) is 20.4. The molecule has 1 aromatic heterocycles. The lowest BCUT2D eigenvalue weighted by Crippen LogP contribution is -2.45. The van der Waals surface area contributed by atoms with E-state index < -0.39 is 0 Å². The summed E-state index contributed by atoms with van der Waals surface area (Å²) in [5.41, 5.74) is 6.14. The van der Waals surface area contributed by atoms with E-state index in [0.29, 0.717) is 28.4 Å². The second-order valence-electron chi connectivity index (χ2n) is 8.29. The Morgan fingerprint density at radius 3 is 2.38 bits per heavy atom. The van der Waals surface area contributed by atoms with Crippen LogP contribution in [-0.2, 0) is 6.54 Å². The lowest BCUT2D eigenvalue weighted by molar-refractivity contribution is 0.396. The molecule has 2 heterocycles. The first-order valence-corrected chi connectivity index (χ1v) is 11.8. The van der Waals surface area contributed by atoms with Crippen molar-refractivity contribution in [2.45, 2.75) is 26.4 Å². The molecule has 0 amide bonds. The molecule has 0 saturated carbocycles. The molecule has 0 bridgehead atoms. The highest BCUT2D eigenvalue weighted by Crippen LogP contribution is 2.38. The summed E-state index contributed by atoms with van der Waals surface area (Å²) in [6.45, 7) is 4.72. The van der Waals surface area contributed by atoms with Gasteiger partial charge in [0, 0.05) is 22.8 Å². The van der Waals surface area contributed by atoms with Gasteiger partial charge in [-0.1, -0.05) is 89.1 Å². The highest BCUT2D eigenvalue weighted by molar-refractivity contribution is 7.80. The van der Waals surface area contributed by atoms with Gasteiger partial charge in [0.1, 0.15) is 0 Å². The van der Waals surface area contributed by atoms with Crippen LogP contribution in [0.15, 0.2) is 89.1 Å². The molecule has 170 valence electrons. The fourth-order valence-electron chi connectivity index (χ4n) is 4.07. The smallest absolute Gasteiger partial charge is 0.258 e. The topological polar surface area (TPSA) is 54.2 Å². The molecule has 5 rings (SSSR count). The van der Waals surface area contributed by atoms with Crippen LogP contribution in [0.25, 0.3) is 17.0 Å². The molecule has 1 atom stereocenters. The van der Waals surface area contributed by atoms with Crippen molar-refractivity contribution < 1.29 is 4.52 Å². The fraction of sp³-hybridized carbons (Fsp3) is 0.148. The van der Waals surface area contributed by atoms with Crippen LogP contribution in [0.2, 0.25) is 5.02 Å². The number of allylic oxidation sites excluding steroid dienone is 1. The van der Waals surface area contributed by atoms with E-state index in [4.69, 9.17) is 33.3 Å². The lowest BCUT2D eigenvalue weighted by Gasteiger charge is -2.37. The molecule has 1 aliphatic heterocycles. The van der Waals surface area contributed by atoms with E-state index in [1.807, 2.05) is 61.5 Å². The minimum Gasteiger partial charge on any atom is -0.351 e. The van der Waals surface area contributed by atoms with E-state index in [1.54, 1.807) is 0 Å². The van der Waals surface area contributed by atoms with Crippen molar-refractivity contribution in [1.82, 2.24) is 20.4 Å². The van der Waals surface area contributed by atoms with Crippen LogP contribution in [0.5, 0.6) is 0 Å². The summed E-state index contributed by atoms with van der Waals surface area (Å²) < 4.78 is 5.81. The van der Waals surface area contributed by atoms with E-state index in [9.17, 15) is 0 Å². The number of nitrogens with one attached hydrogen (secondary N) is 1. The second kappa shape index (κ2) is 9.41. The van der Waals surface area contributed by atoms with Crippen LogP contribution in [0.4, 0.5) is 0 Å². The first kappa shape index (κ1) is 22.3. The van der Waals surface area contributed by atoms with Gasteiger partial charge in [0.05, 0.1) is 11.6 Å². The van der Waals surface area contributed by atoms with Crippen LogP contribution >= 0.6 is 23.8 Å². The summed E-state index contributed by atoms with van der Waals surface area (Å²) >= 11 is 11.9. The van der Waals surface area contributed by atoms with E-state index in [0.717, 1.165) is 28.0 Å². The third-order valence-corrected chi connectivity index (χ3v) is 6.54. The molecule has 7 heteroatoms. The number of thiocarbonyl (C=S) groups is 1. The van der Waals surface area contributed by atoms with E-state index in [2.05, 4.69) is 46.6 Å². The number of hydrogen-bond donors (Lipinski definition) is 1. The number of rotatable bonds is 5. The quantitative estimate of drug-likeness (QED) is 0.322. The van der Waals surface area contributed by atoms with Gasteiger partial charge in [-0.05, 0) is 49.3 Å². The Kier molecular flexibility index (Phi) is 6.18. The zero-order chi connectivity index (χ0) is 23.7. The number of nitrogens with zero attached hydrogens (tertiary/aromatic N) is 3. The summed E-state index contributed by atoms with van der Waals surface area (Å²) in [5, 5.41) is 9.12. The predicted molar refractivity (Wildman–Crippen MR) is 139 cm³/mol. The van der Waals surface area contributed by atoms with Gasteiger partial charge < -0.3 is 14.7 Å². The van der Waals surface area contributed by atoms with E-state index >= 15 is 0 Å². The molecule has 34 heavy (non-hydrogen) atoms. The molecule has 0 radical (unpaired) electrons. The van der Waals surface area contributed by atoms with Gasteiger partial charge in [-0.2, -0.15) is 4.98 Å². The molecule has 4 aromatic rings. The second-order valence-corrected chi connectivity index (χ2v) is 9.12. The Morgan fingerprint density at radius 2 is 1.68 bits per heavy atom. The molecule has 1 N–H and O–H groups in total. The van der Waals surface area contributed by atoms with Crippen molar-refractivity contribution in [3.63, 3.8) is 0 Å². The summed E-state index contributed by atoms with van der Waals surface area (Å²) in [6.07, 6.45) is 0. The number of aryl methyl sites for hydroxylation is 1. The van der Waals surface area contributed by atoms with Gasteiger partial charge in [-0.25, -0.2) is 0 Å². The SMILES string of the molecule is CC1=C(c2nc(-c3ccccc3)no2)C(c2ccc(C)cc2)NC(=S)N1Cc1ccc(Cl)cc1. The number of hydrogen-bond acceptors (Lipinski definition) is 4. The molecule has 0 aliphatic carbocycles. The van der Waals surface area contributed by atoms with Crippen molar-refractivity contribution in [3.05, 3.63) is 112 Å². The van der Waals surface area contributed by atoms with Crippen LogP contribution in [0.3, 0.4) is 0 Å². The normalized spacial score (nSPS) is 16.0. The largest absolute Gasteiger partial charge is 0.351 e. The van der Waals surface area contributed by atoms with Gasteiger partial charge in [0.15, 0.2) is 5.11 Å². The van der Waals surface area contributed by atoms with Crippen molar-refractivity contribution in [2.24, 2.45) is 0 Å². The summed E-state index contributed by atoms with van der Waals surface area (Å²) in [7, 11) is 0. The molecule has 5 nitrogen and oxygen atoms in total. The maximum Gasteiger partial charge on any atom is 0.258 e. The maximum atomic E-state index is 6.08. The van der Waals surface area contributed by atoms with Gasteiger partial charge in [-0.15, -0.1) is 0 Å². The summed E-state index contributed by atoms with van der Waals surface area (Å²) in [4.78, 5) is 6.82. The van der Waals surface area contributed by atoms with Crippen LogP contribution in [0, 0.1) is 6.92 Å². The average Bonchev–Trinajstić information content (AvgIpc) is 3.33. The van der Waals surface area contributed by atoms with Crippen molar-refractivity contribution in [1.29, 1.82) is 0 Å². The Labute approximate surface area is 209 Å². The monoisotopic (exact) mass is 486 g/mol. The highest BCUT2D eigenvalue weighted by Gasteiger charge is 2.34. The standard InChI is InChI=1S/C27H23ClN4OS/c1-17-8-12-20(13-9-17)24-23(26-30-25(31-33-26)21-6-4-3-5-7-21)18(2)32(27(34)29-24)16-19-10-14-22(28)15-11-19/h3-15,24H,16H2,1-2H3,(H,29,34). The van der Waals surface area contributed by atoms with Crippen LogP contribution < -0.4 is 5.32 Å². The number of benzene rings is 3. The minimum atomic E-state index is -0.210. The first-order valence-electron chi connectivity index (χ1n) is 11.0.